The van der Waals surface area contributed by atoms with E-state index in [2.05, 4.69) is 25.9 Å². The van der Waals surface area contributed by atoms with E-state index in [1.165, 1.54) is 29.3 Å². The number of hydrogen-bond donors (Lipinski definition) is 2. The maximum Gasteiger partial charge on any atom is 0.237 e. The number of nitriles is 1. The van der Waals surface area contributed by atoms with E-state index in [4.69, 9.17) is 22.1 Å². The van der Waals surface area contributed by atoms with Gasteiger partial charge in [0.2, 0.25) is 11.6 Å². The summed E-state index contributed by atoms with van der Waals surface area (Å²) in [5.74, 6) is 0.930. The Morgan fingerprint density at radius 2 is 2.25 bits per heavy atom. The molecule has 28 heavy (non-hydrogen) atoms. The molecule has 3 aromatic rings. The molecule has 3 aromatic heterocycles. The van der Waals surface area contributed by atoms with Crippen molar-refractivity contribution in [1.82, 2.24) is 15.0 Å². The van der Waals surface area contributed by atoms with Gasteiger partial charge in [0.25, 0.3) is 0 Å². The summed E-state index contributed by atoms with van der Waals surface area (Å²) < 4.78 is 5.25. The van der Waals surface area contributed by atoms with E-state index >= 15 is 0 Å². The molecule has 0 unspecified atom stereocenters. The maximum atomic E-state index is 9.77. The quantitative estimate of drug-likeness (QED) is 0.449. The van der Waals surface area contributed by atoms with E-state index in [0.717, 1.165) is 5.69 Å². The molecule has 8 nitrogen and oxygen atoms in total. The number of anilines is 1. The molecule has 3 N–H and O–H groups in total. The topological polar surface area (TPSA) is 122 Å². The van der Waals surface area contributed by atoms with Crippen LogP contribution in [0.3, 0.4) is 0 Å². The molecule has 0 saturated carbocycles. The van der Waals surface area contributed by atoms with E-state index in [1.54, 1.807) is 17.6 Å². The summed E-state index contributed by atoms with van der Waals surface area (Å²) in [4.78, 5) is 16.1. The van der Waals surface area contributed by atoms with Crippen LogP contribution in [-0.4, -0.2) is 33.3 Å². The fourth-order valence-electron chi connectivity index (χ4n) is 2.39. The SMILES string of the molecule is [C-]#[N+]c1c(N)nc(SCc2cscn2)c(C#N)c1-c1ccc(OCCO)nc1. The fraction of sp³-hybridized carbons (Fsp3) is 0.167. The number of aliphatic hydroxyl groups excluding tert-OH is 1. The Balaban J connectivity index is 2.03. The van der Waals surface area contributed by atoms with E-state index in [0.29, 0.717) is 27.8 Å². The first-order valence-electron chi connectivity index (χ1n) is 7.99. The Bertz CT molecular complexity index is 1040. The molecule has 140 valence electrons. The van der Waals surface area contributed by atoms with Crippen LogP contribution in [0.2, 0.25) is 0 Å². The molecule has 3 rings (SSSR count). The fourth-order valence-corrected chi connectivity index (χ4v) is 3.95. The minimum absolute atomic E-state index is 0.0605. The molecular weight excluding hydrogens is 396 g/mol. The third kappa shape index (κ3) is 4.21. The van der Waals surface area contributed by atoms with E-state index in [9.17, 15) is 5.26 Å². The summed E-state index contributed by atoms with van der Waals surface area (Å²) in [5.41, 5.74) is 9.96. The number of rotatable bonds is 7. The van der Waals surface area contributed by atoms with Crippen molar-refractivity contribution in [3.05, 3.63) is 51.9 Å². The van der Waals surface area contributed by atoms with Gasteiger partial charge in [0.1, 0.15) is 23.5 Å². The van der Waals surface area contributed by atoms with E-state index in [1.807, 2.05) is 5.38 Å². The summed E-state index contributed by atoms with van der Waals surface area (Å²) in [7, 11) is 0. The minimum Gasteiger partial charge on any atom is -0.475 e. The largest absolute Gasteiger partial charge is 0.475 e. The van der Waals surface area contributed by atoms with Crippen molar-refractivity contribution in [3.8, 4) is 23.1 Å². The lowest BCUT2D eigenvalue weighted by Gasteiger charge is -2.13. The third-order valence-corrected chi connectivity index (χ3v) is 5.24. The Kier molecular flexibility index (Phi) is 6.40. The predicted molar refractivity (Wildman–Crippen MR) is 107 cm³/mol. The zero-order valence-electron chi connectivity index (χ0n) is 14.5. The van der Waals surface area contributed by atoms with Crippen molar-refractivity contribution in [2.24, 2.45) is 0 Å². The molecule has 0 aliphatic heterocycles. The number of nitrogens with two attached hydrogens (primary N) is 1. The average Bonchev–Trinajstić information content (AvgIpc) is 3.24. The summed E-state index contributed by atoms with van der Waals surface area (Å²) in [6.45, 7) is 7.48. The number of nitrogen functional groups attached to an aromatic ring is 1. The van der Waals surface area contributed by atoms with Crippen LogP contribution in [0, 0.1) is 17.9 Å². The molecule has 0 aliphatic carbocycles. The number of pyridine rings is 2. The molecule has 0 fully saturated rings. The highest BCUT2D eigenvalue weighted by Gasteiger charge is 2.21. The molecule has 3 heterocycles. The minimum atomic E-state index is -0.121. The number of aromatic nitrogens is 3. The number of ether oxygens (including phenoxy) is 1. The van der Waals surface area contributed by atoms with Gasteiger partial charge in [0, 0.05) is 29.0 Å². The predicted octanol–water partition coefficient (Wildman–Crippen LogP) is 3.27. The lowest BCUT2D eigenvalue weighted by molar-refractivity contribution is 0.196. The molecule has 0 aliphatic rings. The van der Waals surface area contributed by atoms with E-state index < -0.39 is 0 Å². The summed E-state index contributed by atoms with van der Waals surface area (Å²) >= 11 is 2.83. The van der Waals surface area contributed by atoms with Gasteiger partial charge >= 0.3 is 0 Å². The Hall–Kier alpha value is -3.18. The van der Waals surface area contributed by atoms with Crippen LogP contribution in [0.5, 0.6) is 5.88 Å². The number of thioether (sulfide) groups is 1. The standard InChI is InChI=1S/C18H14N6O2S2/c1-21-16-15(11-2-3-14(22-7-11)26-5-4-25)13(6-19)18(24-17(16)20)28-9-12-8-27-10-23-12/h2-3,7-8,10,25H,4-5,9H2,(H2,20,24). The lowest BCUT2D eigenvalue weighted by Crippen LogP contribution is -2.03. The van der Waals surface area contributed by atoms with Gasteiger partial charge in [-0.3, -0.25) is 0 Å². The summed E-state index contributed by atoms with van der Waals surface area (Å²) in [5, 5.41) is 21.0. The van der Waals surface area contributed by atoms with Crippen LogP contribution >= 0.6 is 23.1 Å². The second-order valence-electron chi connectivity index (χ2n) is 5.35. The van der Waals surface area contributed by atoms with Gasteiger partial charge in [-0.15, -0.1) is 11.3 Å². The highest BCUT2D eigenvalue weighted by Crippen LogP contribution is 2.41. The van der Waals surface area contributed by atoms with Crippen LogP contribution < -0.4 is 10.5 Å². The maximum absolute atomic E-state index is 9.77. The van der Waals surface area contributed by atoms with Gasteiger partial charge in [0.15, 0.2) is 0 Å². The molecule has 0 radical (unpaired) electrons. The second-order valence-corrected chi connectivity index (χ2v) is 7.03. The first-order chi connectivity index (χ1) is 13.7. The number of hydrogen-bond acceptors (Lipinski definition) is 9. The van der Waals surface area contributed by atoms with Gasteiger partial charge in [0.05, 0.1) is 29.9 Å². The van der Waals surface area contributed by atoms with Crippen LogP contribution in [0.4, 0.5) is 11.5 Å². The molecule has 0 atom stereocenters. The first-order valence-corrected chi connectivity index (χ1v) is 9.91. The molecule has 0 aromatic carbocycles. The Morgan fingerprint density at radius 1 is 1.39 bits per heavy atom. The number of nitrogens with zero attached hydrogens (tertiary/aromatic N) is 5. The van der Waals surface area contributed by atoms with Crippen LogP contribution in [-0.2, 0) is 5.75 Å². The highest BCUT2D eigenvalue weighted by molar-refractivity contribution is 7.98. The Labute approximate surface area is 169 Å². The highest BCUT2D eigenvalue weighted by atomic mass is 32.2. The molecular formula is C18H14N6O2S2. The average molecular weight is 410 g/mol. The van der Waals surface area contributed by atoms with Crippen LogP contribution in [0.25, 0.3) is 16.0 Å². The third-order valence-electron chi connectivity index (χ3n) is 3.60. The van der Waals surface area contributed by atoms with Crippen molar-refractivity contribution in [1.29, 1.82) is 5.26 Å². The van der Waals surface area contributed by atoms with Gasteiger partial charge in [-0.25, -0.2) is 19.8 Å². The smallest absolute Gasteiger partial charge is 0.237 e. The molecule has 0 spiro atoms. The van der Waals surface area contributed by atoms with Crippen molar-refractivity contribution < 1.29 is 9.84 Å². The first kappa shape index (κ1) is 19.6. The van der Waals surface area contributed by atoms with Crippen molar-refractivity contribution in [2.45, 2.75) is 10.8 Å². The van der Waals surface area contributed by atoms with Gasteiger partial charge in [-0.2, -0.15) is 5.26 Å². The summed E-state index contributed by atoms with van der Waals surface area (Å²) in [6.07, 6.45) is 1.51. The molecule has 10 heteroatoms. The van der Waals surface area contributed by atoms with Gasteiger partial charge in [-0.1, -0.05) is 11.8 Å². The molecule has 0 amide bonds. The number of aliphatic hydroxyl groups is 1. The summed E-state index contributed by atoms with van der Waals surface area (Å²) in [6, 6.07) is 5.45. The van der Waals surface area contributed by atoms with Gasteiger partial charge < -0.3 is 15.6 Å². The van der Waals surface area contributed by atoms with Crippen LogP contribution in [0.15, 0.2) is 34.2 Å². The van der Waals surface area contributed by atoms with Crippen molar-refractivity contribution in [3.63, 3.8) is 0 Å². The van der Waals surface area contributed by atoms with E-state index in [-0.39, 0.29) is 30.3 Å². The second kappa shape index (κ2) is 9.15. The Morgan fingerprint density at radius 3 is 2.86 bits per heavy atom. The van der Waals surface area contributed by atoms with Gasteiger partial charge in [-0.05, 0) is 11.6 Å². The normalized spacial score (nSPS) is 10.2. The molecule has 0 saturated heterocycles. The molecule has 0 bridgehead atoms. The lowest BCUT2D eigenvalue weighted by atomic mass is 10.0. The zero-order valence-corrected chi connectivity index (χ0v) is 16.1. The van der Waals surface area contributed by atoms with Crippen LogP contribution in [0.1, 0.15) is 11.3 Å². The zero-order chi connectivity index (χ0) is 19.9. The van der Waals surface area contributed by atoms with Crippen molar-refractivity contribution in [2.75, 3.05) is 18.9 Å². The monoisotopic (exact) mass is 410 g/mol. The van der Waals surface area contributed by atoms with Crippen molar-refractivity contribution >= 4 is 34.6 Å². The number of thiazole rings is 1.